The van der Waals surface area contributed by atoms with Crippen molar-refractivity contribution in [2.24, 2.45) is 0 Å². The van der Waals surface area contributed by atoms with Crippen molar-refractivity contribution in [3.8, 4) is 11.1 Å². The molecule has 0 radical (unpaired) electrons. The first-order valence-corrected chi connectivity index (χ1v) is 22.2. The predicted octanol–water partition coefficient (Wildman–Crippen LogP) is 4.38. The average Bonchev–Trinajstić information content (AvgIpc) is 3.88. The number of piperidine rings is 1. The van der Waals surface area contributed by atoms with Crippen LogP contribution in [0.5, 0.6) is 0 Å². The van der Waals surface area contributed by atoms with E-state index in [4.69, 9.17) is 0 Å². The zero-order chi connectivity index (χ0) is 45.5. The zero-order valence-electron chi connectivity index (χ0n) is 35.0. The molecule has 3 aliphatic rings. The van der Waals surface area contributed by atoms with Gasteiger partial charge in [0.1, 0.15) is 23.3 Å². The van der Waals surface area contributed by atoms with Crippen LogP contribution < -0.4 is 25.2 Å². The highest BCUT2D eigenvalue weighted by atomic mass is 32.2. The van der Waals surface area contributed by atoms with E-state index in [1.807, 2.05) is 24.3 Å². The van der Waals surface area contributed by atoms with Crippen LogP contribution in [0.3, 0.4) is 0 Å². The lowest BCUT2D eigenvalue weighted by Crippen LogP contribution is -2.50. The number of piperazine rings is 1. The van der Waals surface area contributed by atoms with Crippen molar-refractivity contribution in [1.29, 1.82) is 0 Å². The molecule has 8 rings (SSSR count). The number of hydrogen-bond donors (Lipinski definition) is 5. The van der Waals surface area contributed by atoms with Gasteiger partial charge in [-0.05, 0) is 66.9 Å². The minimum absolute atomic E-state index is 0.0592. The van der Waals surface area contributed by atoms with Crippen molar-refractivity contribution in [1.82, 2.24) is 24.5 Å². The molecule has 16 nitrogen and oxygen atoms in total. The fraction of sp³-hybridized carbons (Fsp3) is 0.341. The summed E-state index contributed by atoms with van der Waals surface area (Å²) in [5, 5.41) is 17.0. The zero-order valence-corrected chi connectivity index (χ0v) is 35.8. The Morgan fingerprint density at radius 3 is 2.41 bits per heavy atom. The Balaban J connectivity index is 0.869. The van der Waals surface area contributed by atoms with Gasteiger partial charge < -0.3 is 30.1 Å². The number of fused-ring (bicyclic) bond motifs is 1. The number of aliphatic hydroxyl groups is 1. The van der Waals surface area contributed by atoms with Gasteiger partial charge in [0.05, 0.1) is 29.0 Å². The summed E-state index contributed by atoms with van der Waals surface area (Å²) in [4.78, 5) is 63.5. The third-order valence-electron chi connectivity index (χ3n) is 12.1. The summed E-state index contributed by atoms with van der Waals surface area (Å²) in [6, 6.07) is 14.8. The number of carbonyl (C=O) groups excluding carboxylic acids is 4. The second kappa shape index (κ2) is 17.6. The van der Waals surface area contributed by atoms with Crippen molar-refractivity contribution < 1.29 is 45.9 Å². The Morgan fingerprint density at radius 1 is 0.953 bits per heavy atom. The van der Waals surface area contributed by atoms with Gasteiger partial charge in [-0.15, -0.1) is 0 Å². The SMILES string of the molecule is CCN(C)S(=O)(=O)Nc1ccc(F)c(C(=O)c2c[nH]c3ncc(-c4ccc(N5CCN(C(=O)CC6(O)CCN(c7ccc(NC8CCC(=O)NC8=O)cc7F)C6)CC5)cc4)cc23)c1F. The summed E-state index contributed by atoms with van der Waals surface area (Å²) in [5.41, 5.74) is 0.336. The van der Waals surface area contributed by atoms with Crippen LogP contribution in [0.1, 0.15) is 48.5 Å². The van der Waals surface area contributed by atoms with Crippen LogP contribution in [0, 0.1) is 17.5 Å². The third kappa shape index (κ3) is 8.97. The quantitative estimate of drug-likeness (QED) is 0.0830. The van der Waals surface area contributed by atoms with Gasteiger partial charge in [-0.1, -0.05) is 19.1 Å². The minimum atomic E-state index is -4.16. The number of imide groups is 1. The number of β-amino-alcohol motifs (C(OH)–C–C–N with tert-alkyl or cyclic N) is 1. The van der Waals surface area contributed by atoms with Crippen LogP contribution in [-0.2, 0) is 24.6 Å². The molecule has 0 spiro atoms. The van der Waals surface area contributed by atoms with Gasteiger partial charge in [0.2, 0.25) is 23.5 Å². The normalized spacial score (nSPS) is 19.4. The molecule has 3 aromatic carbocycles. The van der Waals surface area contributed by atoms with E-state index in [1.165, 1.54) is 19.3 Å². The highest BCUT2D eigenvalue weighted by Crippen LogP contribution is 2.34. The van der Waals surface area contributed by atoms with Crippen LogP contribution in [0.15, 0.2) is 73.1 Å². The second-order valence-electron chi connectivity index (χ2n) is 16.3. The monoisotopic (exact) mass is 901 g/mol. The van der Waals surface area contributed by atoms with Crippen molar-refractivity contribution in [3.05, 3.63) is 102 Å². The lowest BCUT2D eigenvalue weighted by molar-refractivity contribution is -0.136. The van der Waals surface area contributed by atoms with Crippen molar-refractivity contribution in [3.63, 3.8) is 0 Å². The molecule has 2 aromatic heterocycles. The molecule has 3 saturated heterocycles. The number of rotatable bonds is 13. The number of H-pyrrole nitrogens is 1. The minimum Gasteiger partial charge on any atom is -0.387 e. The van der Waals surface area contributed by atoms with Gasteiger partial charge in [-0.25, -0.2) is 18.2 Å². The molecule has 0 saturated carbocycles. The maximum Gasteiger partial charge on any atom is 0.301 e. The Morgan fingerprint density at radius 2 is 1.70 bits per heavy atom. The summed E-state index contributed by atoms with van der Waals surface area (Å²) < 4.78 is 74.0. The standard InChI is InChI=1S/C44H46F3N9O7S/c1-3-53(2)64(62,63)52-34-10-9-32(45)39(40(34)47)41(59)31-24-49-42-30(31)20-27(23-48-42)26-4-7-29(8-5-26)54-16-18-55(19-17-54)38(58)22-44(61)14-15-56(25-44)36-12-6-28(21-33(36)46)50-35-11-13-37(57)51-43(35)60/h4-10,12,20-21,23-24,35,50,52,61H,3,11,13-19,22,25H2,1-2H3,(H,48,49)(H,51,57,60). The number of halogens is 3. The molecular weight excluding hydrogens is 856 g/mol. The molecule has 3 amide bonds. The molecule has 0 aliphatic carbocycles. The molecule has 2 unspecified atom stereocenters. The highest BCUT2D eigenvalue weighted by molar-refractivity contribution is 7.90. The molecular formula is C44H46F3N9O7S. The molecule has 3 fully saturated rings. The Bertz CT molecular complexity index is 2760. The fourth-order valence-electron chi connectivity index (χ4n) is 8.27. The Hall–Kier alpha value is -6.51. The Labute approximate surface area is 366 Å². The topological polar surface area (TPSA) is 200 Å². The summed E-state index contributed by atoms with van der Waals surface area (Å²) in [6.45, 7) is 4.01. The third-order valence-corrected chi connectivity index (χ3v) is 13.6. The van der Waals surface area contributed by atoms with Gasteiger partial charge in [0, 0.05) is 99.6 Å². The maximum absolute atomic E-state index is 15.6. The van der Waals surface area contributed by atoms with E-state index in [0.29, 0.717) is 61.4 Å². The molecule has 336 valence electrons. The number of ketones is 1. The number of benzene rings is 3. The van der Waals surface area contributed by atoms with Crippen LogP contribution in [0.2, 0.25) is 0 Å². The number of carbonyl (C=O) groups is 4. The van der Waals surface area contributed by atoms with E-state index in [0.717, 1.165) is 27.7 Å². The van der Waals surface area contributed by atoms with Gasteiger partial charge in [-0.2, -0.15) is 12.7 Å². The van der Waals surface area contributed by atoms with Crippen molar-refractivity contribution in [2.45, 2.75) is 44.2 Å². The lowest BCUT2D eigenvalue weighted by atomic mass is 9.98. The smallest absolute Gasteiger partial charge is 0.301 e. The maximum atomic E-state index is 15.6. The first kappa shape index (κ1) is 44.1. The summed E-state index contributed by atoms with van der Waals surface area (Å²) in [5.74, 6) is -5.06. The largest absolute Gasteiger partial charge is 0.387 e. The van der Waals surface area contributed by atoms with E-state index in [-0.39, 0.29) is 55.4 Å². The van der Waals surface area contributed by atoms with Gasteiger partial charge in [-0.3, -0.25) is 29.2 Å². The fourth-order valence-corrected chi connectivity index (χ4v) is 9.21. The first-order chi connectivity index (χ1) is 30.5. The van der Waals surface area contributed by atoms with Crippen LogP contribution in [0.25, 0.3) is 22.2 Å². The van der Waals surface area contributed by atoms with Gasteiger partial charge in [0.15, 0.2) is 5.82 Å². The Kier molecular flexibility index (Phi) is 12.1. The number of nitrogens with one attached hydrogen (secondary N) is 4. The van der Waals surface area contributed by atoms with E-state index in [1.54, 1.807) is 41.1 Å². The number of nitrogens with zero attached hydrogens (tertiary/aromatic N) is 5. The molecule has 3 aliphatic heterocycles. The van der Waals surface area contributed by atoms with E-state index in [9.17, 15) is 32.7 Å². The summed E-state index contributed by atoms with van der Waals surface area (Å²) in [7, 11) is -2.87. The lowest BCUT2D eigenvalue weighted by Gasteiger charge is -2.37. The average molecular weight is 902 g/mol. The van der Waals surface area contributed by atoms with E-state index >= 15 is 13.2 Å². The molecule has 5 N–H and O–H groups in total. The number of pyridine rings is 1. The number of hydrogen-bond acceptors (Lipinski definition) is 11. The van der Waals surface area contributed by atoms with Crippen molar-refractivity contribution in [2.75, 3.05) is 72.7 Å². The molecule has 2 atom stereocenters. The molecule has 5 heterocycles. The number of anilines is 4. The number of aromatic amines is 1. The van der Waals surface area contributed by atoms with Crippen molar-refractivity contribution >= 4 is 67.5 Å². The summed E-state index contributed by atoms with van der Waals surface area (Å²) in [6.07, 6.45) is 3.55. The highest BCUT2D eigenvalue weighted by Gasteiger charge is 2.40. The molecule has 20 heteroatoms. The van der Waals surface area contributed by atoms with Crippen LogP contribution >= 0.6 is 0 Å². The van der Waals surface area contributed by atoms with Crippen LogP contribution in [0.4, 0.5) is 35.9 Å². The van der Waals surface area contributed by atoms with E-state index in [2.05, 4.69) is 30.2 Å². The van der Waals surface area contributed by atoms with Crippen LogP contribution in [-0.4, -0.2) is 121 Å². The predicted molar refractivity (Wildman–Crippen MR) is 234 cm³/mol. The van der Waals surface area contributed by atoms with Gasteiger partial charge >= 0.3 is 10.2 Å². The molecule has 64 heavy (non-hydrogen) atoms. The molecule has 0 bridgehead atoms. The summed E-state index contributed by atoms with van der Waals surface area (Å²) >= 11 is 0. The number of amides is 3. The first-order valence-electron chi connectivity index (χ1n) is 20.8. The molecule has 5 aromatic rings. The van der Waals surface area contributed by atoms with E-state index < -0.39 is 62.2 Å². The van der Waals surface area contributed by atoms with Gasteiger partial charge in [0.25, 0.3) is 0 Å². The number of aromatic nitrogens is 2. The second-order valence-corrected chi connectivity index (χ2v) is 18.0.